The fourth-order valence-electron chi connectivity index (χ4n) is 1.80. The quantitative estimate of drug-likeness (QED) is 0.761. The Labute approximate surface area is 89.4 Å². The highest BCUT2D eigenvalue weighted by Gasteiger charge is 2.06. The number of fused-ring (bicyclic) bond motifs is 1. The second-order valence-corrected chi connectivity index (χ2v) is 3.41. The lowest BCUT2D eigenvalue weighted by atomic mass is 10.1. The fourth-order valence-corrected chi connectivity index (χ4v) is 1.80. The summed E-state index contributed by atoms with van der Waals surface area (Å²) in [6, 6.07) is 12.3. The van der Waals surface area contributed by atoms with Crippen LogP contribution in [-0.2, 0) is 11.3 Å². The lowest BCUT2D eigenvalue weighted by Gasteiger charge is -2.10. The molecule has 0 unspecified atom stereocenters. The van der Waals surface area contributed by atoms with Crippen molar-refractivity contribution in [3.63, 3.8) is 0 Å². The van der Waals surface area contributed by atoms with Gasteiger partial charge in [-0.3, -0.25) is 0 Å². The maximum atomic E-state index is 5.43. The summed E-state index contributed by atoms with van der Waals surface area (Å²) in [4.78, 5) is 0. The van der Waals surface area contributed by atoms with Gasteiger partial charge in [0.05, 0.1) is 13.7 Å². The first-order chi connectivity index (χ1) is 7.36. The molecular weight excluding hydrogens is 188 g/mol. The van der Waals surface area contributed by atoms with E-state index in [-0.39, 0.29) is 0 Å². The topological polar surface area (TPSA) is 18.5 Å². The lowest BCUT2D eigenvalue weighted by molar-refractivity contribution is 0.182. The molecule has 2 heteroatoms. The molecule has 2 nitrogen and oxygen atoms in total. The van der Waals surface area contributed by atoms with Crippen molar-refractivity contribution in [1.82, 2.24) is 0 Å². The monoisotopic (exact) mass is 202 g/mol. The molecule has 0 fully saturated rings. The van der Waals surface area contributed by atoms with Gasteiger partial charge in [-0.25, -0.2) is 0 Å². The Morgan fingerprint density at radius 2 is 1.80 bits per heavy atom. The summed E-state index contributed by atoms with van der Waals surface area (Å²) in [5.74, 6) is 0.912. The van der Waals surface area contributed by atoms with Crippen LogP contribution in [0.3, 0.4) is 0 Å². The Kier molecular flexibility index (Phi) is 2.88. The standard InChI is InChI=1S/C13H14O2/c1-14-9-11-8-7-10-5-3-4-6-12(10)13(11)15-2/h3-8H,9H2,1-2H3. The van der Waals surface area contributed by atoms with Crippen molar-refractivity contribution >= 4 is 10.8 Å². The molecule has 0 radical (unpaired) electrons. The largest absolute Gasteiger partial charge is 0.496 e. The van der Waals surface area contributed by atoms with E-state index in [9.17, 15) is 0 Å². The van der Waals surface area contributed by atoms with Gasteiger partial charge in [0, 0.05) is 18.1 Å². The summed E-state index contributed by atoms with van der Waals surface area (Å²) in [5, 5.41) is 2.32. The first-order valence-electron chi connectivity index (χ1n) is 4.90. The highest BCUT2D eigenvalue weighted by molar-refractivity contribution is 5.89. The maximum absolute atomic E-state index is 5.43. The van der Waals surface area contributed by atoms with Crippen molar-refractivity contribution in [3.05, 3.63) is 42.0 Å². The zero-order chi connectivity index (χ0) is 10.7. The summed E-state index contributed by atoms with van der Waals surface area (Å²) in [5.41, 5.74) is 1.08. The van der Waals surface area contributed by atoms with Crippen molar-refractivity contribution in [3.8, 4) is 5.75 Å². The van der Waals surface area contributed by atoms with Crippen molar-refractivity contribution in [2.24, 2.45) is 0 Å². The molecule has 0 amide bonds. The molecule has 0 spiro atoms. The molecular formula is C13H14O2. The van der Waals surface area contributed by atoms with Crippen LogP contribution < -0.4 is 4.74 Å². The van der Waals surface area contributed by atoms with Crippen molar-refractivity contribution in [2.75, 3.05) is 14.2 Å². The second-order valence-electron chi connectivity index (χ2n) is 3.41. The van der Waals surface area contributed by atoms with Crippen LogP contribution in [0.2, 0.25) is 0 Å². The summed E-state index contributed by atoms with van der Waals surface area (Å²) in [6.45, 7) is 0.577. The average Bonchev–Trinajstić information content (AvgIpc) is 2.29. The third-order valence-electron chi connectivity index (χ3n) is 2.47. The summed E-state index contributed by atoms with van der Waals surface area (Å²) >= 11 is 0. The van der Waals surface area contributed by atoms with E-state index in [1.807, 2.05) is 18.2 Å². The summed E-state index contributed by atoms with van der Waals surface area (Å²) in [7, 11) is 3.38. The van der Waals surface area contributed by atoms with Gasteiger partial charge in [-0.15, -0.1) is 0 Å². The second kappa shape index (κ2) is 4.32. The van der Waals surface area contributed by atoms with Gasteiger partial charge < -0.3 is 9.47 Å². The van der Waals surface area contributed by atoms with E-state index < -0.39 is 0 Å². The lowest BCUT2D eigenvalue weighted by Crippen LogP contribution is -1.94. The summed E-state index contributed by atoms with van der Waals surface area (Å²) < 4.78 is 10.6. The minimum absolute atomic E-state index is 0.577. The highest BCUT2D eigenvalue weighted by atomic mass is 16.5. The van der Waals surface area contributed by atoms with E-state index in [4.69, 9.17) is 9.47 Å². The number of rotatable bonds is 3. The number of ether oxygens (including phenoxy) is 2. The van der Waals surface area contributed by atoms with E-state index in [1.165, 1.54) is 5.39 Å². The SMILES string of the molecule is COCc1ccc2ccccc2c1OC. The zero-order valence-corrected chi connectivity index (χ0v) is 8.99. The molecule has 0 saturated heterocycles. The third kappa shape index (κ3) is 1.81. The van der Waals surface area contributed by atoms with E-state index >= 15 is 0 Å². The molecule has 2 rings (SSSR count). The molecule has 0 aliphatic rings. The van der Waals surface area contributed by atoms with Crippen molar-refractivity contribution < 1.29 is 9.47 Å². The molecule has 0 heterocycles. The van der Waals surface area contributed by atoms with Gasteiger partial charge in [0.2, 0.25) is 0 Å². The molecule has 2 aromatic rings. The third-order valence-corrected chi connectivity index (χ3v) is 2.47. The first-order valence-corrected chi connectivity index (χ1v) is 4.90. The van der Waals surface area contributed by atoms with E-state index in [0.29, 0.717) is 6.61 Å². The molecule has 0 N–H and O–H groups in total. The molecule has 0 bridgehead atoms. The van der Waals surface area contributed by atoms with Crippen LogP contribution in [0, 0.1) is 0 Å². The maximum Gasteiger partial charge on any atom is 0.132 e. The molecule has 0 atom stereocenters. The van der Waals surface area contributed by atoms with Crippen LogP contribution in [0.1, 0.15) is 5.56 Å². The summed E-state index contributed by atoms with van der Waals surface area (Å²) in [6.07, 6.45) is 0. The van der Waals surface area contributed by atoms with Gasteiger partial charge in [-0.1, -0.05) is 36.4 Å². The Morgan fingerprint density at radius 3 is 2.53 bits per heavy atom. The van der Waals surface area contributed by atoms with Crippen molar-refractivity contribution in [1.29, 1.82) is 0 Å². The van der Waals surface area contributed by atoms with E-state index in [2.05, 4.69) is 18.2 Å². The molecule has 15 heavy (non-hydrogen) atoms. The zero-order valence-electron chi connectivity index (χ0n) is 8.99. The number of hydrogen-bond acceptors (Lipinski definition) is 2. The molecule has 0 aliphatic carbocycles. The Morgan fingerprint density at radius 1 is 1.00 bits per heavy atom. The smallest absolute Gasteiger partial charge is 0.132 e. The highest BCUT2D eigenvalue weighted by Crippen LogP contribution is 2.29. The van der Waals surface area contributed by atoms with E-state index in [1.54, 1.807) is 14.2 Å². The van der Waals surface area contributed by atoms with Crippen molar-refractivity contribution in [2.45, 2.75) is 6.61 Å². The van der Waals surface area contributed by atoms with Gasteiger partial charge in [-0.2, -0.15) is 0 Å². The van der Waals surface area contributed by atoms with Gasteiger partial charge in [-0.05, 0) is 5.39 Å². The molecule has 0 aromatic heterocycles. The van der Waals surface area contributed by atoms with Crippen LogP contribution in [0.4, 0.5) is 0 Å². The predicted octanol–water partition coefficient (Wildman–Crippen LogP) is 2.99. The van der Waals surface area contributed by atoms with Crippen LogP contribution >= 0.6 is 0 Å². The Bertz CT molecular complexity index is 463. The van der Waals surface area contributed by atoms with Gasteiger partial charge in [0.25, 0.3) is 0 Å². The molecule has 0 saturated carbocycles. The van der Waals surface area contributed by atoms with Crippen LogP contribution in [-0.4, -0.2) is 14.2 Å². The molecule has 0 aliphatic heterocycles. The minimum atomic E-state index is 0.577. The van der Waals surface area contributed by atoms with E-state index in [0.717, 1.165) is 16.7 Å². The van der Waals surface area contributed by atoms with Gasteiger partial charge >= 0.3 is 0 Å². The predicted molar refractivity (Wildman–Crippen MR) is 61.2 cm³/mol. The molecule has 2 aromatic carbocycles. The van der Waals surface area contributed by atoms with Crippen LogP contribution in [0.25, 0.3) is 10.8 Å². The van der Waals surface area contributed by atoms with Crippen LogP contribution in [0.5, 0.6) is 5.75 Å². The number of benzene rings is 2. The first kappa shape index (κ1) is 9.99. The van der Waals surface area contributed by atoms with Crippen LogP contribution in [0.15, 0.2) is 36.4 Å². The number of hydrogen-bond donors (Lipinski definition) is 0. The normalized spacial score (nSPS) is 10.5. The fraction of sp³-hybridized carbons (Fsp3) is 0.231. The molecule has 78 valence electrons. The Balaban J connectivity index is 2.64. The number of methoxy groups -OCH3 is 2. The Hall–Kier alpha value is -1.54. The van der Waals surface area contributed by atoms with Gasteiger partial charge in [0.1, 0.15) is 5.75 Å². The van der Waals surface area contributed by atoms with Gasteiger partial charge in [0.15, 0.2) is 0 Å². The average molecular weight is 202 g/mol. The minimum Gasteiger partial charge on any atom is -0.496 e.